The van der Waals surface area contributed by atoms with E-state index in [4.69, 9.17) is 0 Å². The molecule has 0 aliphatic heterocycles. The van der Waals surface area contributed by atoms with Crippen LogP contribution in [-0.2, 0) is 0 Å². The van der Waals surface area contributed by atoms with Crippen molar-refractivity contribution in [1.82, 2.24) is 0 Å². The lowest BCUT2D eigenvalue weighted by Crippen LogP contribution is -1.74. The average Bonchev–Trinajstić information content (AvgIpc) is 2.47. The molecule has 2 N–H and O–H groups in total. The fourth-order valence-corrected chi connectivity index (χ4v) is 2.02. The molecule has 0 saturated heterocycles. The second-order valence-corrected chi connectivity index (χ2v) is 4.37. The van der Waals surface area contributed by atoms with Crippen LogP contribution in [0.3, 0.4) is 0 Å². The molecule has 0 amide bonds. The van der Waals surface area contributed by atoms with Crippen molar-refractivity contribution in [3.05, 3.63) is 60.7 Å². The maximum atomic E-state index is 9.81. The molecule has 0 saturated carbocycles. The van der Waals surface area contributed by atoms with Gasteiger partial charge in [0, 0.05) is 16.8 Å². The number of benzene rings is 3. The zero-order valence-corrected chi connectivity index (χ0v) is 10.6. The van der Waals surface area contributed by atoms with Crippen molar-refractivity contribution in [3.8, 4) is 11.5 Å². The first-order chi connectivity index (χ1) is 9.74. The van der Waals surface area contributed by atoms with Gasteiger partial charge in [0.2, 0.25) is 0 Å². The number of phenols is 2. The highest BCUT2D eigenvalue weighted by atomic mass is 16.3. The molecule has 20 heavy (non-hydrogen) atoms. The Morgan fingerprint density at radius 2 is 1.50 bits per heavy atom. The van der Waals surface area contributed by atoms with Crippen molar-refractivity contribution in [1.29, 1.82) is 0 Å². The quantitative estimate of drug-likeness (QED) is 0.661. The molecular formula is C16H12N2O2. The summed E-state index contributed by atoms with van der Waals surface area (Å²) in [6.07, 6.45) is 0. The van der Waals surface area contributed by atoms with Crippen molar-refractivity contribution in [2.75, 3.05) is 0 Å². The SMILES string of the molecule is Oc1cccc(N=Nc2ccc(O)c3ccccc23)c1. The number of hydrogen-bond acceptors (Lipinski definition) is 4. The van der Waals surface area contributed by atoms with Gasteiger partial charge in [-0.05, 0) is 24.3 Å². The third-order valence-electron chi connectivity index (χ3n) is 2.98. The normalized spacial score (nSPS) is 11.2. The maximum Gasteiger partial charge on any atom is 0.123 e. The lowest BCUT2D eigenvalue weighted by molar-refractivity contribution is 0.475. The van der Waals surface area contributed by atoms with Gasteiger partial charge in [-0.3, -0.25) is 0 Å². The Bertz CT molecular complexity index is 797. The van der Waals surface area contributed by atoms with Gasteiger partial charge in [-0.15, -0.1) is 5.11 Å². The first-order valence-corrected chi connectivity index (χ1v) is 6.15. The molecule has 4 heteroatoms. The van der Waals surface area contributed by atoms with Crippen LogP contribution < -0.4 is 0 Å². The van der Waals surface area contributed by atoms with E-state index in [1.54, 1.807) is 30.3 Å². The summed E-state index contributed by atoms with van der Waals surface area (Å²) in [5.74, 6) is 0.369. The van der Waals surface area contributed by atoms with Gasteiger partial charge in [-0.25, -0.2) is 0 Å². The van der Waals surface area contributed by atoms with E-state index in [-0.39, 0.29) is 11.5 Å². The van der Waals surface area contributed by atoms with E-state index >= 15 is 0 Å². The number of fused-ring (bicyclic) bond motifs is 1. The summed E-state index contributed by atoms with van der Waals surface area (Å²) in [7, 11) is 0. The molecule has 98 valence electrons. The first-order valence-electron chi connectivity index (χ1n) is 6.15. The van der Waals surface area contributed by atoms with E-state index in [0.29, 0.717) is 11.4 Å². The standard InChI is InChI=1S/C16H12N2O2/c19-12-5-3-4-11(10-12)17-18-15-8-9-16(20)14-7-2-1-6-13(14)15/h1-10,19-20H. The van der Waals surface area contributed by atoms with Gasteiger partial charge in [0.1, 0.15) is 11.5 Å². The summed E-state index contributed by atoms with van der Waals surface area (Å²) in [4.78, 5) is 0. The molecule has 0 heterocycles. The number of hydrogen-bond donors (Lipinski definition) is 2. The van der Waals surface area contributed by atoms with Gasteiger partial charge >= 0.3 is 0 Å². The highest BCUT2D eigenvalue weighted by Crippen LogP contribution is 2.33. The molecule has 4 nitrogen and oxygen atoms in total. The van der Waals surface area contributed by atoms with Crippen molar-refractivity contribution < 1.29 is 10.2 Å². The molecule has 3 aromatic rings. The van der Waals surface area contributed by atoms with E-state index in [0.717, 1.165) is 10.8 Å². The predicted octanol–water partition coefficient (Wildman–Crippen LogP) is 4.67. The van der Waals surface area contributed by atoms with Crippen LogP contribution in [0.2, 0.25) is 0 Å². The third kappa shape index (κ3) is 2.31. The summed E-state index contributed by atoms with van der Waals surface area (Å²) in [6, 6.07) is 17.3. The van der Waals surface area contributed by atoms with Crippen molar-refractivity contribution in [2.45, 2.75) is 0 Å². The van der Waals surface area contributed by atoms with Crippen molar-refractivity contribution in [3.63, 3.8) is 0 Å². The number of aromatic hydroxyl groups is 2. The highest BCUT2D eigenvalue weighted by molar-refractivity contribution is 5.96. The van der Waals surface area contributed by atoms with E-state index in [1.165, 1.54) is 6.07 Å². The van der Waals surface area contributed by atoms with Gasteiger partial charge in [-0.2, -0.15) is 5.11 Å². The average molecular weight is 264 g/mol. The summed E-state index contributed by atoms with van der Waals surface area (Å²) in [5.41, 5.74) is 1.24. The minimum atomic E-state index is 0.150. The van der Waals surface area contributed by atoms with Crippen LogP contribution in [0.5, 0.6) is 11.5 Å². The monoisotopic (exact) mass is 264 g/mol. The molecular weight excluding hydrogens is 252 g/mol. The lowest BCUT2D eigenvalue weighted by Gasteiger charge is -2.03. The zero-order chi connectivity index (χ0) is 13.9. The lowest BCUT2D eigenvalue weighted by atomic mass is 10.1. The molecule has 3 aromatic carbocycles. The Balaban J connectivity index is 2.05. The Hall–Kier alpha value is -2.88. The largest absolute Gasteiger partial charge is 0.508 e. The van der Waals surface area contributed by atoms with Gasteiger partial charge in [0.15, 0.2) is 0 Å². The van der Waals surface area contributed by atoms with E-state index in [1.807, 2.05) is 24.3 Å². The van der Waals surface area contributed by atoms with Crippen molar-refractivity contribution >= 4 is 22.1 Å². The molecule has 0 radical (unpaired) electrons. The number of nitrogens with zero attached hydrogens (tertiary/aromatic N) is 2. The van der Waals surface area contributed by atoms with Crippen LogP contribution in [0.25, 0.3) is 10.8 Å². The predicted molar refractivity (Wildman–Crippen MR) is 77.9 cm³/mol. The molecule has 3 rings (SSSR count). The zero-order valence-electron chi connectivity index (χ0n) is 10.6. The number of azo groups is 1. The summed E-state index contributed by atoms with van der Waals surface area (Å²) in [6.45, 7) is 0. The van der Waals surface area contributed by atoms with Crippen LogP contribution in [0.4, 0.5) is 11.4 Å². The Kier molecular flexibility index (Phi) is 3.05. The maximum absolute atomic E-state index is 9.81. The fraction of sp³-hybridized carbons (Fsp3) is 0. The van der Waals surface area contributed by atoms with Gasteiger partial charge in [0.25, 0.3) is 0 Å². The minimum Gasteiger partial charge on any atom is -0.508 e. The van der Waals surface area contributed by atoms with Gasteiger partial charge < -0.3 is 10.2 Å². The number of phenolic OH excluding ortho intramolecular Hbond substituents is 2. The molecule has 0 aromatic heterocycles. The number of rotatable bonds is 2. The Morgan fingerprint density at radius 1 is 0.700 bits per heavy atom. The molecule has 0 spiro atoms. The second kappa shape index (κ2) is 5.01. The smallest absolute Gasteiger partial charge is 0.123 e. The van der Waals surface area contributed by atoms with Gasteiger partial charge in [0.05, 0.1) is 11.4 Å². The molecule has 0 aliphatic rings. The Morgan fingerprint density at radius 3 is 2.30 bits per heavy atom. The third-order valence-corrected chi connectivity index (χ3v) is 2.98. The van der Waals surface area contributed by atoms with Gasteiger partial charge in [-0.1, -0.05) is 30.3 Å². The van der Waals surface area contributed by atoms with Crippen molar-refractivity contribution in [2.24, 2.45) is 10.2 Å². The van der Waals surface area contributed by atoms with Crippen LogP contribution in [-0.4, -0.2) is 10.2 Å². The van der Waals surface area contributed by atoms with Crippen LogP contribution in [0, 0.1) is 0 Å². The molecule has 0 fully saturated rings. The second-order valence-electron chi connectivity index (χ2n) is 4.37. The van der Waals surface area contributed by atoms with Crippen LogP contribution in [0.1, 0.15) is 0 Å². The first kappa shape index (κ1) is 12.2. The Labute approximate surface area is 115 Å². The highest BCUT2D eigenvalue weighted by Gasteiger charge is 2.03. The molecule has 0 bridgehead atoms. The van der Waals surface area contributed by atoms with E-state index < -0.39 is 0 Å². The summed E-state index contributed by atoms with van der Waals surface area (Å²) in [5, 5.41) is 29.1. The van der Waals surface area contributed by atoms with E-state index in [9.17, 15) is 10.2 Å². The summed E-state index contributed by atoms with van der Waals surface area (Å²) >= 11 is 0. The van der Waals surface area contributed by atoms with E-state index in [2.05, 4.69) is 10.2 Å². The topological polar surface area (TPSA) is 65.2 Å². The molecule has 0 unspecified atom stereocenters. The molecule has 0 aliphatic carbocycles. The van der Waals surface area contributed by atoms with Crippen LogP contribution in [0.15, 0.2) is 70.9 Å². The fourth-order valence-electron chi connectivity index (χ4n) is 2.02. The molecule has 0 atom stereocenters. The summed E-state index contributed by atoms with van der Waals surface area (Å²) < 4.78 is 0. The minimum absolute atomic E-state index is 0.150. The van der Waals surface area contributed by atoms with Crippen LogP contribution >= 0.6 is 0 Å².